The third-order valence-electron chi connectivity index (χ3n) is 3.67. The first-order chi connectivity index (χ1) is 9.66. The highest BCUT2D eigenvalue weighted by atomic mass is 16.1. The van der Waals surface area contributed by atoms with Crippen molar-refractivity contribution in [3.8, 4) is 0 Å². The molecule has 4 nitrogen and oxygen atoms in total. The maximum Gasteiger partial charge on any atom is 0.221 e. The molecule has 3 N–H and O–H groups in total. The number of carbonyl (C=O) groups excluding carboxylic acids is 1. The first kappa shape index (κ1) is 14.9. The lowest BCUT2D eigenvalue weighted by molar-refractivity contribution is -0.121. The first-order valence-electron chi connectivity index (χ1n) is 7.52. The number of piperidine rings is 1. The van der Waals surface area contributed by atoms with E-state index in [0.717, 1.165) is 13.1 Å². The summed E-state index contributed by atoms with van der Waals surface area (Å²) in [6.45, 7) is 4.66. The van der Waals surface area contributed by atoms with Crippen LogP contribution in [-0.4, -0.2) is 25.0 Å². The predicted molar refractivity (Wildman–Crippen MR) is 82.6 cm³/mol. The number of amides is 1. The topological polar surface area (TPSA) is 58.4 Å². The van der Waals surface area contributed by atoms with Gasteiger partial charge in [-0.2, -0.15) is 0 Å². The number of para-hydroxylation sites is 1. The van der Waals surface area contributed by atoms with Crippen LogP contribution in [0.5, 0.6) is 0 Å². The summed E-state index contributed by atoms with van der Waals surface area (Å²) in [5, 5.41) is 2.96. The van der Waals surface area contributed by atoms with Crippen LogP contribution in [0.4, 0.5) is 5.69 Å². The number of benzene rings is 1. The molecular weight excluding hydrogens is 250 g/mol. The summed E-state index contributed by atoms with van der Waals surface area (Å²) in [5.41, 5.74) is 8.09. The number of carbonyl (C=O) groups is 1. The van der Waals surface area contributed by atoms with Gasteiger partial charge < -0.3 is 16.0 Å². The number of rotatable bonds is 5. The summed E-state index contributed by atoms with van der Waals surface area (Å²) >= 11 is 0. The second kappa shape index (κ2) is 7.29. The van der Waals surface area contributed by atoms with Crippen molar-refractivity contribution in [1.29, 1.82) is 0 Å². The predicted octanol–water partition coefficient (Wildman–Crippen LogP) is 2.03. The van der Waals surface area contributed by atoms with Gasteiger partial charge in [-0.25, -0.2) is 0 Å². The smallest absolute Gasteiger partial charge is 0.221 e. The molecule has 0 aromatic heterocycles. The molecule has 4 heteroatoms. The lowest BCUT2D eigenvalue weighted by atomic mass is 10.1. The molecule has 1 aliphatic heterocycles. The number of nitrogens with one attached hydrogen (secondary N) is 1. The molecule has 1 unspecified atom stereocenters. The molecular formula is C16H25N3O. The Kier molecular flexibility index (Phi) is 5.41. The van der Waals surface area contributed by atoms with E-state index in [4.69, 9.17) is 5.73 Å². The maximum atomic E-state index is 11.7. The van der Waals surface area contributed by atoms with E-state index in [2.05, 4.69) is 28.4 Å². The lowest BCUT2D eigenvalue weighted by Crippen LogP contribution is -2.32. The molecule has 1 aliphatic rings. The van der Waals surface area contributed by atoms with E-state index in [1.54, 1.807) is 0 Å². The number of nitrogens with zero attached hydrogens (tertiary/aromatic N) is 1. The van der Waals surface area contributed by atoms with Gasteiger partial charge in [-0.05, 0) is 37.8 Å². The van der Waals surface area contributed by atoms with Crippen LogP contribution >= 0.6 is 0 Å². The van der Waals surface area contributed by atoms with Gasteiger partial charge in [-0.1, -0.05) is 18.2 Å². The molecule has 1 amide bonds. The van der Waals surface area contributed by atoms with Gasteiger partial charge >= 0.3 is 0 Å². The molecule has 0 aliphatic carbocycles. The molecule has 1 heterocycles. The van der Waals surface area contributed by atoms with E-state index >= 15 is 0 Å². The Labute approximate surface area is 121 Å². The van der Waals surface area contributed by atoms with Crippen LogP contribution in [0.3, 0.4) is 0 Å². The van der Waals surface area contributed by atoms with E-state index in [0.29, 0.717) is 13.0 Å². The molecule has 0 saturated carbocycles. The summed E-state index contributed by atoms with van der Waals surface area (Å²) in [7, 11) is 0. The fourth-order valence-electron chi connectivity index (χ4n) is 2.66. The molecule has 0 bridgehead atoms. The standard InChI is InChI=1S/C16H25N3O/c1-13(17)11-16(20)18-12-14-7-3-4-8-15(14)19-9-5-2-6-10-19/h3-4,7-8,13H,2,5-6,9-12,17H2,1H3,(H,18,20). The Bertz CT molecular complexity index is 439. The van der Waals surface area contributed by atoms with Crippen LogP contribution in [-0.2, 0) is 11.3 Å². The van der Waals surface area contributed by atoms with Gasteiger partial charge in [0, 0.05) is 37.8 Å². The van der Waals surface area contributed by atoms with Crippen LogP contribution < -0.4 is 16.0 Å². The van der Waals surface area contributed by atoms with Crippen molar-refractivity contribution in [1.82, 2.24) is 5.32 Å². The van der Waals surface area contributed by atoms with Gasteiger partial charge in [0.15, 0.2) is 0 Å². The Morgan fingerprint density at radius 3 is 2.70 bits per heavy atom. The highest BCUT2D eigenvalue weighted by molar-refractivity contribution is 5.76. The summed E-state index contributed by atoms with van der Waals surface area (Å²) in [5.74, 6) is 0.0217. The molecule has 0 spiro atoms. The minimum atomic E-state index is -0.0904. The fourth-order valence-corrected chi connectivity index (χ4v) is 2.66. The second-order valence-electron chi connectivity index (χ2n) is 5.63. The van der Waals surface area contributed by atoms with Crippen molar-refractivity contribution >= 4 is 11.6 Å². The lowest BCUT2D eigenvalue weighted by Gasteiger charge is -2.30. The van der Waals surface area contributed by atoms with Crippen molar-refractivity contribution in [3.63, 3.8) is 0 Å². The van der Waals surface area contributed by atoms with Gasteiger partial charge in [0.2, 0.25) is 5.91 Å². The monoisotopic (exact) mass is 275 g/mol. The zero-order chi connectivity index (χ0) is 14.4. The van der Waals surface area contributed by atoms with Gasteiger partial charge in [-0.3, -0.25) is 4.79 Å². The number of nitrogens with two attached hydrogens (primary N) is 1. The minimum Gasteiger partial charge on any atom is -0.371 e. The van der Waals surface area contributed by atoms with Gasteiger partial charge in [0.1, 0.15) is 0 Å². The summed E-state index contributed by atoms with van der Waals surface area (Å²) in [6.07, 6.45) is 4.21. The highest BCUT2D eigenvalue weighted by Gasteiger charge is 2.14. The third kappa shape index (κ3) is 4.23. The van der Waals surface area contributed by atoms with Crippen LogP contribution in [0.15, 0.2) is 24.3 Å². The van der Waals surface area contributed by atoms with Crippen molar-refractivity contribution in [2.24, 2.45) is 5.73 Å². The van der Waals surface area contributed by atoms with E-state index in [9.17, 15) is 4.79 Å². The van der Waals surface area contributed by atoms with E-state index in [1.165, 1.54) is 30.5 Å². The Morgan fingerprint density at radius 1 is 1.30 bits per heavy atom. The Balaban J connectivity index is 1.98. The number of hydrogen-bond donors (Lipinski definition) is 2. The quantitative estimate of drug-likeness (QED) is 0.864. The average molecular weight is 275 g/mol. The Hall–Kier alpha value is -1.55. The summed E-state index contributed by atoms with van der Waals surface area (Å²) in [6, 6.07) is 8.25. The minimum absolute atomic E-state index is 0.0217. The molecule has 20 heavy (non-hydrogen) atoms. The Morgan fingerprint density at radius 2 is 2.00 bits per heavy atom. The van der Waals surface area contributed by atoms with Crippen molar-refractivity contribution in [2.75, 3.05) is 18.0 Å². The highest BCUT2D eigenvalue weighted by Crippen LogP contribution is 2.23. The van der Waals surface area contributed by atoms with E-state index in [-0.39, 0.29) is 11.9 Å². The molecule has 1 aromatic carbocycles. The molecule has 1 aromatic rings. The number of anilines is 1. The molecule has 1 saturated heterocycles. The fraction of sp³-hybridized carbons (Fsp3) is 0.562. The van der Waals surface area contributed by atoms with Gasteiger partial charge in [0.05, 0.1) is 0 Å². The van der Waals surface area contributed by atoms with Crippen molar-refractivity contribution < 1.29 is 4.79 Å². The zero-order valence-corrected chi connectivity index (χ0v) is 12.3. The normalized spacial score (nSPS) is 16.8. The maximum absolute atomic E-state index is 11.7. The average Bonchev–Trinajstić information content (AvgIpc) is 2.46. The van der Waals surface area contributed by atoms with E-state index < -0.39 is 0 Å². The molecule has 2 rings (SSSR count). The first-order valence-corrected chi connectivity index (χ1v) is 7.52. The van der Waals surface area contributed by atoms with Crippen molar-refractivity contribution in [3.05, 3.63) is 29.8 Å². The van der Waals surface area contributed by atoms with Crippen LogP contribution in [0.2, 0.25) is 0 Å². The number of hydrogen-bond acceptors (Lipinski definition) is 3. The van der Waals surface area contributed by atoms with E-state index in [1.807, 2.05) is 13.0 Å². The summed E-state index contributed by atoms with van der Waals surface area (Å²) in [4.78, 5) is 14.1. The molecule has 1 fully saturated rings. The van der Waals surface area contributed by atoms with Crippen LogP contribution in [0, 0.1) is 0 Å². The van der Waals surface area contributed by atoms with Crippen molar-refractivity contribution in [2.45, 2.75) is 45.2 Å². The van der Waals surface area contributed by atoms with Gasteiger partial charge in [0.25, 0.3) is 0 Å². The largest absolute Gasteiger partial charge is 0.371 e. The molecule has 110 valence electrons. The third-order valence-corrected chi connectivity index (χ3v) is 3.67. The molecule has 1 atom stereocenters. The summed E-state index contributed by atoms with van der Waals surface area (Å²) < 4.78 is 0. The second-order valence-corrected chi connectivity index (χ2v) is 5.63. The SMILES string of the molecule is CC(N)CC(=O)NCc1ccccc1N1CCCCC1. The van der Waals surface area contributed by atoms with Gasteiger partial charge in [-0.15, -0.1) is 0 Å². The van der Waals surface area contributed by atoms with Crippen LogP contribution in [0.1, 0.15) is 38.2 Å². The van der Waals surface area contributed by atoms with Crippen LogP contribution in [0.25, 0.3) is 0 Å². The zero-order valence-electron chi connectivity index (χ0n) is 12.3. The molecule has 0 radical (unpaired) electrons.